The van der Waals surface area contributed by atoms with Crippen LogP contribution < -0.4 is 15.4 Å². The molecule has 0 unspecified atom stereocenters. The SMILES string of the molecule is COc1ccc2c(c1)CN(c1nccc(/C=C/c3ccnc(N)c3)n1)C2. The van der Waals surface area contributed by atoms with Crippen LogP contribution in [-0.4, -0.2) is 22.1 Å². The van der Waals surface area contributed by atoms with Crippen molar-refractivity contribution >= 4 is 23.9 Å². The van der Waals surface area contributed by atoms with Crippen molar-refractivity contribution in [1.82, 2.24) is 15.0 Å². The molecule has 0 aliphatic carbocycles. The Morgan fingerprint density at radius 3 is 2.69 bits per heavy atom. The third-order valence-electron chi connectivity index (χ3n) is 4.33. The summed E-state index contributed by atoms with van der Waals surface area (Å²) in [6.07, 6.45) is 7.39. The first kappa shape index (κ1) is 16.1. The zero-order valence-corrected chi connectivity index (χ0v) is 14.5. The number of hydrogen-bond acceptors (Lipinski definition) is 6. The number of ether oxygens (including phenoxy) is 1. The van der Waals surface area contributed by atoms with Crippen molar-refractivity contribution < 1.29 is 4.74 Å². The predicted molar refractivity (Wildman–Crippen MR) is 102 cm³/mol. The van der Waals surface area contributed by atoms with Gasteiger partial charge in [-0.05, 0) is 53.1 Å². The highest BCUT2D eigenvalue weighted by Crippen LogP contribution is 2.29. The molecule has 1 aromatic carbocycles. The van der Waals surface area contributed by atoms with E-state index < -0.39 is 0 Å². The van der Waals surface area contributed by atoms with E-state index in [1.165, 1.54) is 11.1 Å². The van der Waals surface area contributed by atoms with Crippen LogP contribution >= 0.6 is 0 Å². The third kappa shape index (κ3) is 3.35. The lowest BCUT2D eigenvalue weighted by Crippen LogP contribution is -2.17. The summed E-state index contributed by atoms with van der Waals surface area (Å²) in [6.45, 7) is 1.58. The average molecular weight is 345 g/mol. The Bertz CT molecular complexity index is 970. The lowest BCUT2D eigenvalue weighted by molar-refractivity contribution is 0.414. The van der Waals surface area contributed by atoms with E-state index in [0.29, 0.717) is 5.82 Å². The minimum atomic E-state index is 0.501. The van der Waals surface area contributed by atoms with E-state index >= 15 is 0 Å². The Morgan fingerprint density at radius 2 is 1.85 bits per heavy atom. The van der Waals surface area contributed by atoms with Crippen LogP contribution in [0.2, 0.25) is 0 Å². The molecule has 4 rings (SSSR count). The van der Waals surface area contributed by atoms with Gasteiger partial charge in [-0.15, -0.1) is 0 Å². The van der Waals surface area contributed by atoms with Crippen molar-refractivity contribution in [3.63, 3.8) is 0 Å². The summed E-state index contributed by atoms with van der Waals surface area (Å²) < 4.78 is 5.31. The summed E-state index contributed by atoms with van der Waals surface area (Å²) in [5.41, 5.74) is 10.1. The van der Waals surface area contributed by atoms with Crippen molar-refractivity contribution in [2.45, 2.75) is 13.1 Å². The van der Waals surface area contributed by atoms with Gasteiger partial charge in [0.2, 0.25) is 5.95 Å². The first-order valence-electron chi connectivity index (χ1n) is 8.35. The lowest BCUT2D eigenvalue weighted by Gasteiger charge is -2.15. The molecule has 6 heteroatoms. The highest BCUT2D eigenvalue weighted by atomic mass is 16.5. The number of nitrogens with two attached hydrogens (primary N) is 1. The molecular formula is C20H19N5O. The van der Waals surface area contributed by atoms with Crippen LogP contribution in [0.4, 0.5) is 11.8 Å². The maximum atomic E-state index is 5.71. The smallest absolute Gasteiger partial charge is 0.226 e. The van der Waals surface area contributed by atoms with Crippen molar-refractivity contribution in [3.8, 4) is 5.75 Å². The van der Waals surface area contributed by atoms with Gasteiger partial charge in [-0.25, -0.2) is 15.0 Å². The molecule has 2 aromatic heterocycles. The fourth-order valence-electron chi connectivity index (χ4n) is 3.00. The Hall–Kier alpha value is -3.41. The quantitative estimate of drug-likeness (QED) is 0.783. The van der Waals surface area contributed by atoms with Gasteiger partial charge in [-0.1, -0.05) is 12.1 Å². The zero-order valence-electron chi connectivity index (χ0n) is 14.5. The van der Waals surface area contributed by atoms with Gasteiger partial charge in [-0.3, -0.25) is 0 Å². The van der Waals surface area contributed by atoms with Crippen LogP contribution in [0.25, 0.3) is 12.2 Å². The summed E-state index contributed by atoms with van der Waals surface area (Å²) in [7, 11) is 1.68. The molecule has 0 bridgehead atoms. The Morgan fingerprint density at radius 1 is 1.00 bits per heavy atom. The molecule has 1 aliphatic rings. The Labute approximate surface area is 152 Å². The van der Waals surface area contributed by atoms with Crippen LogP contribution in [0.1, 0.15) is 22.4 Å². The largest absolute Gasteiger partial charge is 0.497 e. The van der Waals surface area contributed by atoms with E-state index in [0.717, 1.165) is 36.0 Å². The van der Waals surface area contributed by atoms with Crippen LogP contribution in [0.15, 0.2) is 48.8 Å². The van der Waals surface area contributed by atoms with E-state index in [-0.39, 0.29) is 0 Å². The van der Waals surface area contributed by atoms with Gasteiger partial charge in [-0.2, -0.15) is 0 Å². The molecule has 0 radical (unpaired) electrons. The Kier molecular flexibility index (Phi) is 4.23. The number of rotatable bonds is 4. The summed E-state index contributed by atoms with van der Waals surface area (Å²) in [5, 5.41) is 0. The van der Waals surface area contributed by atoms with Gasteiger partial charge in [0.05, 0.1) is 12.8 Å². The molecule has 0 atom stereocenters. The molecule has 0 spiro atoms. The summed E-state index contributed by atoms with van der Waals surface area (Å²) in [4.78, 5) is 15.3. The first-order valence-corrected chi connectivity index (χ1v) is 8.35. The summed E-state index contributed by atoms with van der Waals surface area (Å²) in [5.74, 6) is 2.09. The second kappa shape index (κ2) is 6.84. The van der Waals surface area contributed by atoms with Crippen LogP contribution in [0, 0.1) is 0 Å². The summed E-state index contributed by atoms with van der Waals surface area (Å²) >= 11 is 0. The molecular weight excluding hydrogens is 326 g/mol. The minimum absolute atomic E-state index is 0.501. The van der Waals surface area contributed by atoms with Gasteiger partial charge in [0, 0.05) is 25.5 Å². The van der Waals surface area contributed by atoms with Gasteiger partial charge >= 0.3 is 0 Å². The normalized spacial score (nSPS) is 13.2. The third-order valence-corrected chi connectivity index (χ3v) is 4.33. The maximum Gasteiger partial charge on any atom is 0.226 e. The molecule has 2 N–H and O–H groups in total. The topological polar surface area (TPSA) is 77.2 Å². The van der Waals surface area contributed by atoms with E-state index in [1.54, 1.807) is 19.5 Å². The number of fused-ring (bicyclic) bond motifs is 1. The number of nitrogens with zero attached hydrogens (tertiary/aromatic N) is 4. The lowest BCUT2D eigenvalue weighted by atomic mass is 10.1. The highest BCUT2D eigenvalue weighted by Gasteiger charge is 2.21. The number of hydrogen-bond donors (Lipinski definition) is 1. The predicted octanol–water partition coefficient (Wildman–Crippen LogP) is 3.15. The molecule has 0 fully saturated rings. The monoisotopic (exact) mass is 345 g/mol. The second-order valence-corrected chi connectivity index (χ2v) is 6.12. The van der Waals surface area contributed by atoms with E-state index in [2.05, 4.69) is 32.0 Å². The van der Waals surface area contributed by atoms with Crippen LogP contribution in [0.3, 0.4) is 0 Å². The average Bonchev–Trinajstić information content (AvgIpc) is 3.10. The molecule has 0 saturated carbocycles. The fraction of sp³-hybridized carbons (Fsp3) is 0.150. The second-order valence-electron chi connectivity index (χ2n) is 6.12. The van der Waals surface area contributed by atoms with Gasteiger partial charge in [0.15, 0.2) is 0 Å². The minimum Gasteiger partial charge on any atom is -0.497 e. The highest BCUT2D eigenvalue weighted by molar-refractivity contribution is 5.69. The number of benzene rings is 1. The number of aromatic nitrogens is 3. The van der Waals surface area contributed by atoms with Gasteiger partial charge in [0.25, 0.3) is 0 Å². The molecule has 0 amide bonds. The molecule has 130 valence electrons. The van der Waals surface area contributed by atoms with Crippen molar-refractivity contribution in [2.75, 3.05) is 17.7 Å². The molecule has 6 nitrogen and oxygen atoms in total. The number of pyridine rings is 1. The number of nitrogen functional groups attached to an aromatic ring is 1. The zero-order chi connectivity index (χ0) is 17.9. The standard InChI is InChI=1S/C20H19N5O/c1-26-18-5-3-15-12-25(13-16(15)11-18)20-23-9-7-17(24-20)4-2-14-6-8-22-19(21)10-14/h2-11H,12-13H2,1H3,(H2,21,22)/b4-2+. The molecule has 3 aromatic rings. The summed E-state index contributed by atoms with van der Waals surface area (Å²) in [6, 6.07) is 11.8. The molecule has 3 heterocycles. The Balaban J connectivity index is 1.53. The van der Waals surface area contributed by atoms with E-state index in [1.807, 2.05) is 36.4 Å². The number of methoxy groups -OCH3 is 1. The van der Waals surface area contributed by atoms with Crippen LogP contribution in [0.5, 0.6) is 5.75 Å². The van der Waals surface area contributed by atoms with E-state index in [4.69, 9.17) is 10.5 Å². The molecule has 0 saturated heterocycles. The number of anilines is 2. The van der Waals surface area contributed by atoms with Gasteiger partial charge < -0.3 is 15.4 Å². The van der Waals surface area contributed by atoms with Crippen molar-refractivity contribution in [3.05, 3.63) is 71.2 Å². The maximum absolute atomic E-state index is 5.71. The fourth-order valence-corrected chi connectivity index (χ4v) is 3.00. The molecule has 1 aliphatic heterocycles. The molecule has 26 heavy (non-hydrogen) atoms. The van der Waals surface area contributed by atoms with Crippen molar-refractivity contribution in [1.29, 1.82) is 0 Å². The van der Waals surface area contributed by atoms with E-state index in [9.17, 15) is 0 Å². The van der Waals surface area contributed by atoms with Crippen molar-refractivity contribution in [2.24, 2.45) is 0 Å². The van der Waals surface area contributed by atoms with Crippen LogP contribution in [-0.2, 0) is 13.1 Å². The van der Waals surface area contributed by atoms with Gasteiger partial charge in [0.1, 0.15) is 11.6 Å². The first-order chi connectivity index (χ1) is 12.7.